The number of rotatable bonds is 6. The van der Waals surface area contributed by atoms with Gasteiger partial charge in [-0.05, 0) is 24.3 Å². The van der Waals surface area contributed by atoms with Gasteiger partial charge in [0.2, 0.25) is 0 Å². The van der Waals surface area contributed by atoms with Crippen molar-refractivity contribution < 1.29 is 5.11 Å². The van der Waals surface area contributed by atoms with Crippen LogP contribution in [0.3, 0.4) is 0 Å². The lowest BCUT2D eigenvalue weighted by atomic mass is 9.74. The van der Waals surface area contributed by atoms with Crippen molar-refractivity contribution in [3.05, 3.63) is 18.0 Å². The van der Waals surface area contributed by atoms with E-state index < -0.39 is 0 Å². The van der Waals surface area contributed by atoms with Gasteiger partial charge < -0.3 is 10.8 Å². The molecule has 0 spiro atoms. The molecule has 0 amide bonds. The second-order valence-electron chi connectivity index (χ2n) is 4.90. The monoisotopic (exact) mass is 225 g/mol. The minimum absolute atomic E-state index is 0.154. The van der Waals surface area contributed by atoms with Crippen molar-refractivity contribution in [2.45, 2.75) is 26.7 Å². The Bertz CT molecular complexity index is 316. The smallest absolute Gasteiger partial charge is 0.0521 e. The molecule has 0 saturated heterocycles. The molecule has 1 unspecified atom stereocenters. The standard InChI is InChI=1S/C12H23N3O/c1-10(2)12(8-13,9-16)5-4-11-6-14-15(3)7-11/h6-7,10,16H,4-5,8-9,13H2,1-3H3. The van der Waals surface area contributed by atoms with Gasteiger partial charge in [0, 0.05) is 25.2 Å². The molecule has 1 heterocycles. The summed E-state index contributed by atoms with van der Waals surface area (Å²) in [5, 5.41) is 13.7. The van der Waals surface area contributed by atoms with Crippen LogP contribution < -0.4 is 5.73 Å². The van der Waals surface area contributed by atoms with Crippen molar-refractivity contribution in [2.75, 3.05) is 13.2 Å². The van der Waals surface area contributed by atoms with Crippen LogP contribution in [-0.2, 0) is 13.5 Å². The normalized spacial score (nSPS) is 15.4. The minimum atomic E-state index is -0.157. The molecular formula is C12H23N3O. The number of nitrogens with zero attached hydrogens (tertiary/aromatic N) is 2. The van der Waals surface area contributed by atoms with E-state index in [1.807, 2.05) is 19.4 Å². The van der Waals surface area contributed by atoms with Gasteiger partial charge in [-0.2, -0.15) is 5.10 Å². The zero-order valence-corrected chi connectivity index (χ0v) is 10.5. The Morgan fingerprint density at radius 3 is 2.62 bits per heavy atom. The van der Waals surface area contributed by atoms with Crippen LogP contribution in [0.1, 0.15) is 25.8 Å². The average molecular weight is 225 g/mol. The molecule has 1 aromatic rings. The Kier molecular flexibility index (Phi) is 4.50. The van der Waals surface area contributed by atoms with Crippen LogP contribution in [0.25, 0.3) is 0 Å². The molecule has 3 N–H and O–H groups in total. The second-order valence-corrected chi connectivity index (χ2v) is 4.90. The van der Waals surface area contributed by atoms with E-state index in [0.29, 0.717) is 12.5 Å². The molecule has 1 atom stereocenters. The third kappa shape index (κ3) is 2.83. The van der Waals surface area contributed by atoms with Crippen LogP contribution in [0.4, 0.5) is 0 Å². The number of hydrogen-bond donors (Lipinski definition) is 2. The quantitative estimate of drug-likeness (QED) is 0.757. The average Bonchev–Trinajstić information content (AvgIpc) is 2.66. The van der Waals surface area contributed by atoms with E-state index in [-0.39, 0.29) is 12.0 Å². The topological polar surface area (TPSA) is 64.1 Å². The molecule has 4 heteroatoms. The van der Waals surface area contributed by atoms with Crippen molar-refractivity contribution in [2.24, 2.45) is 24.1 Å². The molecule has 0 fully saturated rings. The highest BCUT2D eigenvalue weighted by Gasteiger charge is 2.31. The number of hydrogen-bond acceptors (Lipinski definition) is 3. The Balaban J connectivity index is 2.63. The van der Waals surface area contributed by atoms with Crippen molar-refractivity contribution in [1.82, 2.24) is 9.78 Å². The van der Waals surface area contributed by atoms with E-state index in [0.717, 1.165) is 12.8 Å². The maximum atomic E-state index is 9.53. The van der Waals surface area contributed by atoms with Gasteiger partial charge in [0.25, 0.3) is 0 Å². The lowest BCUT2D eigenvalue weighted by Crippen LogP contribution is -2.39. The Labute approximate surface area is 97.5 Å². The highest BCUT2D eigenvalue weighted by atomic mass is 16.3. The second kappa shape index (κ2) is 5.46. The maximum Gasteiger partial charge on any atom is 0.0521 e. The number of nitrogens with two attached hydrogens (primary N) is 1. The number of aliphatic hydroxyl groups is 1. The maximum absolute atomic E-state index is 9.53. The van der Waals surface area contributed by atoms with Gasteiger partial charge in [-0.15, -0.1) is 0 Å². The Morgan fingerprint density at radius 2 is 2.25 bits per heavy atom. The van der Waals surface area contributed by atoms with Gasteiger partial charge in [-0.1, -0.05) is 13.8 Å². The predicted molar refractivity (Wildman–Crippen MR) is 64.9 cm³/mol. The highest BCUT2D eigenvalue weighted by molar-refractivity contribution is 5.04. The first kappa shape index (κ1) is 13.2. The SMILES string of the molecule is CC(C)C(CN)(CO)CCc1cnn(C)c1. The van der Waals surface area contributed by atoms with Gasteiger partial charge in [0.1, 0.15) is 0 Å². The first-order chi connectivity index (χ1) is 7.54. The van der Waals surface area contributed by atoms with Gasteiger partial charge in [-0.25, -0.2) is 0 Å². The molecule has 0 aromatic carbocycles. The van der Waals surface area contributed by atoms with Crippen LogP contribution in [0, 0.1) is 11.3 Å². The fourth-order valence-corrected chi connectivity index (χ4v) is 1.95. The molecule has 0 bridgehead atoms. The summed E-state index contributed by atoms with van der Waals surface area (Å²) in [6.45, 7) is 4.92. The summed E-state index contributed by atoms with van der Waals surface area (Å²) in [5.74, 6) is 0.388. The largest absolute Gasteiger partial charge is 0.396 e. The predicted octanol–water partition coefficient (Wildman–Crippen LogP) is 0.946. The summed E-state index contributed by atoms with van der Waals surface area (Å²) in [5.41, 5.74) is 6.85. The highest BCUT2D eigenvalue weighted by Crippen LogP contribution is 2.31. The third-order valence-corrected chi connectivity index (χ3v) is 3.62. The number of aromatic nitrogens is 2. The first-order valence-electron chi connectivity index (χ1n) is 5.82. The molecule has 0 saturated carbocycles. The van der Waals surface area contributed by atoms with Crippen molar-refractivity contribution in [3.63, 3.8) is 0 Å². The van der Waals surface area contributed by atoms with E-state index in [1.54, 1.807) is 4.68 Å². The lowest BCUT2D eigenvalue weighted by molar-refractivity contribution is 0.0754. The molecule has 1 rings (SSSR count). The van der Waals surface area contributed by atoms with E-state index in [1.165, 1.54) is 5.56 Å². The molecule has 0 radical (unpaired) electrons. The minimum Gasteiger partial charge on any atom is -0.396 e. The van der Waals surface area contributed by atoms with Crippen LogP contribution >= 0.6 is 0 Å². The summed E-state index contributed by atoms with van der Waals surface area (Å²) < 4.78 is 1.80. The lowest BCUT2D eigenvalue weighted by Gasteiger charge is -2.34. The van der Waals surface area contributed by atoms with Gasteiger partial charge >= 0.3 is 0 Å². The number of aryl methyl sites for hydroxylation is 2. The van der Waals surface area contributed by atoms with Gasteiger partial charge in [0.15, 0.2) is 0 Å². The zero-order valence-electron chi connectivity index (χ0n) is 10.5. The van der Waals surface area contributed by atoms with Crippen LogP contribution in [-0.4, -0.2) is 28.0 Å². The molecule has 0 aliphatic rings. The van der Waals surface area contributed by atoms with E-state index >= 15 is 0 Å². The zero-order chi connectivity index (χ0) is 12.2. The molecule has 92 valence electrons. The van der Waals surface area contributed by atoms with E-state index in [4.69, 9.17) is 5.73 Å². The molecule has 16 heavy (non-hydrogen) atoms. The van der Waals surface area contributed by atoms with Gasteiger partial charge in [0.05, 0.1) is 12.8 Å². The molecular weight excluding hydrogens is 202 g/mol. The van der Waals surface area contributed by atoms with E-state index in [2.05, 4.69) is 18.9 Å². The fourth-order valence-electron chi connectivity index (χ4n) is 1.95. The van der Waals surface area contributed by atoms with Crippen molar-refractivity contribution >= 4 is 0 Å². The van der Waals surface area contributed by atoms with Gasteiger partial charge in [-0.3, -0.25) is 4.68 Å². The Morgan fingerprint density at radius 1 is 1.56 bits per heavy atom. The summed E-state index contributed by atoms with van der Waals surface area (Å²) in [4.78, 5) is 0. The van der Waals surface area contributed by atoms with Crippen LogP contribution in [0.5, 0.6) is 0 Å². The van der Waals surface area contributed by atoms with Crippen molar-refractivity contribution in [1.29, 1.82) is 0 Å². The fraction of sp³-hybridized carbons (Fsp3) is 0.750. The van der Waals surface area contributed by atoms with Crippen LogP contribution in [0.15, 0.2) is 12.4 Å². The van der Waals surface area contributed by atoms with E-state index in [9.17, 15) is 5.11 Å². The first-order valence-corrected chi connectivity index (χ1v) is 5.82. The molecule has 0 aliphatic heterocycles. The Hall–Kier alpha value is -0.870. The summed E-state index contributed by atoms with van der Waals surface area (Å²) >= 11 is 0. The summed E-state index contributed by atoms with van der Waals surface area (Å²) in [6, 6.07) is 0. The number of aliphatic hydroxyl groups excluding tert-OH is 1. The molecule has 1 aromatic heterocycles. The molecule has 4 nitrogen and oxygen atoms in total. The van der Waals surface area contributed by atoms with Crippen LogP contribution in [0.2, 0.25) is 0 Å². The van der Waals surface area contributed by atoms with Crippen molar-refractivity contribution in [3.8, 4) is 0 Å². The third-order valence-electron chi connectivity index (χ3n) is 3.62. The molecule has 0 aliphatic carbocycles. The summed E-state index contributed by atoms with van der Waals surface area (Å²) in [7, 11) is 1.91. The summed E-state index contributed by atoms with van der Waals surface area (Å²) in [6.07, 6.45) is 5.71.